The van der Waals surface area contributed by atoms with Gasteiger partial charge in [-0.05, 0) is 49.7 Å². The number of aryl methyl sites for hydroxylation is 2. The van der Waals surface area contributed by atoms with Crippen molar-refractivity contribution in [2.75, 3.05) is 19.5 Å². The molecule has 0 unspecified atom stereocenters. The Morgan fingerprint density at radius 1 is 0.974 bits per heavy atom. The van der Waals surface area contributed by atoms with Gasteiger partial charge in [-0.25, -0.2) is 17.3 Å². The summed E-state index contributed by atoms with van der Waals surface area (Å²) in [5, 5.41) is 10.8. The van der Waals surface area contributed by atoms with Gasteiger partial charge in [0.15, 0.2) is 15.5 Å². The molecule has 0 radical (unpaired) electrons. The van der Waals surface area contributed by atoms with E-state index in [9.17, 15) is 30.0 Å². The smallest absolute Gasteiger partial charge is 0.397 e. The molecule has 0 fully saturated rings. The SMILES string of the molecule is COc1cc(S(=O)(=O)CCOS(=O)(=O)O)c(C)cc1N=Nc1c(C)[nH]n(-c2ccc(S(=O)(=O)O)cc2)c1=O. The number of rotatable bonds is 10. The van der Waals surface area contributed by atoms with Crippen LogP contribution in [0, 0.1) is 13.8 Å². The number of nitrogens with one attached hydrogen (secondary N) is 1. The van der Waals surface area contributed by atoms with Gasteiger partial charge in [-0.2, -0.15) is 16.8 Å². The zero-order chi connectivity index (χ0) is 28.5. The predicted octanol–water partition coefficient (Wildman–Crippen LogP) is 2.05. The molecule has 3 aromatic rings. The van der Waals surface area contributed by atoms with Crippen molar-refractivity contribution in [3.05, 3.63) is 58.0 Å². The second kappa shape index (κ2) is 10.8. The molecule has 0 aliphatic rings. The zero-order valence-corrected chi connectivity index (χ0v) is 22.5. The van der Waals surface area contributed by atoms with Crippen LogP contribution >= 0.6 is 0 Å². The molecule has 0 saturated heterocycles. The Hall–Kier alpha value is -3.42. The molecule has 1 heterocycles. The minimum Gasteiger partial charge on any atom is -0.494 e. The molecule has 2 aromatic carbocycles. The summed E-state index contributed by atoms with van der Waals surface area (Å²) in [6.45, 7) is 2.20. The van der Waals surface area contributed by atoms with E-state index in [0.717, 1.165) is 22.9 Å². The van der Waals surface area contributed by atoms with Crippen LogP contribution in [0.1, 0.15) is 11.3 Å². The topological polar surface area (TPSA) is 224 Å². The summed E-state index contributed by atoms with van der Waals surface area (Å²) in [7, 11) is -12.0. The van der Waals surface area contributed by atoms with Crippen molar-refractivity contribution in [2.24, 2.45) is 10.2 Å². The second-order valence-electron chi connectivity index (χ2n) is 7.75. The largest absolute Gasteiger partial charge is 0.494 e. The normalized spacial score (nSPS) is 12.8. The van der Waals surface area contributed by atoms with Crippen molar-refractivity contribution in [1.82, 2.24) is 9.78 Å². The number of hydrogen-bond donors (Lipinski definition) is 3. The molecule has 15 nitrogen and oxygen atoms in total. The molecule has 206 valence electrons. The molecule has 3 N–H and O–H groups in total. The van der Waals surface area contributed by atoms with Gasteiger partial charge >= 0.3 is 10.4 Å². The third kappa shape index (κ3) is 6.71. The quantitative estimate of drug-likeness (QED) is 0.229. The van der Waals surface area contributed by atoms with Crippen LogP contribution in [0.5, 0.6) is 5.75 Å². The van der Waals surface area contributed by atoms with Gasteiger partial charge in [0.05, 0.1) is 40.6 Å². The average Bonchev–Trinajstić information content (AvgIpc) is 3.09. The third-order valence-electron chi connectivity index (χ3n) is 5.09. The summed E-state index contributed by atoms with van der Waals surface area (Å²) in [6, 6.07) is 7.33. The van der Waals surface area contributed by atoms with Gasteiger partial charge in [0.2, 0.25) is 0 Å². The first-order valence-electron chi connectivity index (χ1n) is 10.4. The summed E-state index contributed by atoms with van der Waals surface area (Å²) in [4.78, 5) is 12.4. The van der Waals surface area contributed by atoms with Gasteiger partial charge in [0, 0.05) is 6.07 Å². The van der Waals surface area contributed by atoms with E-state index in [1.54, 1.807) is 6.92 Å². The lowest BCUT2D eigenvalue weighted by atomic mass is 10.2. The number of benzene rings is 2. The van der Waals surface area contributed by atoms with Crippen molar-refractivity contribution in [2.45, 2.75) is 23.6 Å². The molecule has 1 aromatic heterocycles. The van der Waals surface area contributed by atoms with E-state index in [-0.39, 0.29) is 38.2 Å². The van der Waals surface area contributed by atoms with Crippen molar-refractivity contribution in [3.8, 4) is 11.4 Å². The average molecular weight is 591 g/mol. The van der Waals surface area contributed by atoms with E-state index in [2.05, 4.69) is 19.5 Å². The van der Waals surface area contributed by atoms with Crippen molar-refractivity contribution in [3.63, 3.8) is 0 Å². The third-order valence-corrected chi connectivity index (χ3v) is 8.23. The molecule has 0 spiro atoms. The minimum absolute atomic E-state index is 0.0112. The summed E-state index contributed by atoms with van der Waals surface area (Å²) >= 11 is 0. The molecule has 0 saturated carbocycles. The van der Waals surface area contributed by atoms with E-state index < -0.39 is 48.3 Å². The van der Waals surface area contributed by atoms with Crippen molar-refractivity contribution in [1.29, 1.82) is 0 Å². The lowest BCUT2D eigenvalue weighted by Gasteiger charge is -2.11. The first kappa shape index (κ1) is 29.1. The van der Waals surface area contributed by atoms with E-state index in [1.807, 2.05) is 0 Å². The van der Waals surface area contributed by atoms with Crippen LogP contribution in [0.15, 0.2) is 61.2 Å². The van der Waals surface area contributed by atoms with Crippen LogP contribution in [0.25, 0.3) is 5.69 Å². The highest BCUT2D eigenvalue weighted by atomic mass is 32.3. The van der Waals surface area contributed by atoms with Crippen molar-refractivity contribution < 1.29 is 43.3 Å². The fourth-order valence-electron chi connectivity index (χ4n) is 3.30. The first-order valence-corrected chi connectivity index (χ1v) is 14.8. The number of aromatic nitrogens is 2. The van der Waals surface area contributed by atoms with Crippen LogP contribution < -0.4 is 10.3 Å². The molecule has 18 heteroatoms. The second-order valence-corrected chi connectivity index (χ2v) is 12.3. The van der Waals surface area contributed by atoms with Crippen LogP contribution in [0.4, 0.5) is 11.4 Å². The maximum absolute atomic E-state index is 12.9. The van der Waals surface area contributed by atoms with Gasteiger partial charge in [0.25, 0.3) is 15.7 Å². The number of nitrogens with zero attached hydrogens (tertiary/aromatic N) is 3. The molecule has 0 bridgehead atoms. The molecule has 0 atom stereocenters. The van der Waals surface area contributed by atoms with Crippen LogP contribution in [0.2, 0.25) is 0 Å². The summed E-state index contributed by atoms with van der Waals surface area (Å²) in [5.41, 5.74) is 0.150. The minimum atomic E-state index is -4.80. The Labute approximate surface area is 217 Å². The summed E-state index contributed by atoms with van der Waals surface area (Å²) < 4.78 is 97.2. The fourth-order valence-corrected chi connectivity index (χ4v) is 5.54. The molecule has 38 heavy (non-hydrogen) atoms. The molecule has 3 rings (SSSR count). The number of hydrogen-bond acceptors (Lipinski definition) is 11. The van der Waals surface area contributed by atoms with Gasteiger partial charge in [-0.15, -0.1) is 10.2 Å². The number of H-pyrrole nitrogens is 1. The number of methoxy groups -OCH3 is 1. The highest BCUT2D eigenvalue weighted by Gasteiger charge is 2.22. The summed E-state index contributed by atoms with van der Waals surface area (Å²) in [5.74, 6) is -0.756. The van der Waals surface area contributed by atoms with Gasteiger partial charge in [0.1, 0.15) is 11.4 Å². The molecule has 0 aliphatic carbocycles. The number of azo groups is 1. The molecule has 0 amide bonds. The number of aromatic amines is 1. The van der Waals surface area contributed by atoms with Gasteiger partial charge in [-0.3, -0.25) is 19.0 Å². The Morgan fingerprint density at radius 2 is 1.61 bits per heavy atom. The summed E-state index contributed by atoms with van der Waals surface area (Å²) in [6.07, 6.45) is 0. The Kier molecular flexibility index (Phi) is 8.24. The Bertz CT molecular complexity index is 1770. The Balaban J connectivity index is 1.93. The maximum Gasteiger partial charge on any atom is 0.397 e. The maximum atomic E-state index is 12.9. The van der Waals surface area contributed by atoms with E-state index in [4.69, 9.17) is 13.8 Å². The lowest BCUT2D eigenvalue weighted by Crippen LogP contribution is -2.16. The number of sulfone groups is 1. The van der Waals surface area contributed by atoms with E-state index in [1.165, 1.54) is 32.2 Å². The highest BCUT2D eigenvalue weighted by Crippen LogP contribution is 2.34. The van der Waals surface area contributed by atoms with E-state index in [0.29, 0.717) is 5.69 Å². The van der Waals surface area contributed by atoms with Crippen molar-refractivity contribution >= 4 is 41.7 Å². The molecular formula is C20H22N4O11S3. The monoisotopic (exact) mass is 590 g/mol. The van der Waals surface area contributed by atoms with Gasteiger partial charge in [-0.1, -0.05) is 0 Å². The first-order chi connectivity index (χ1) is 17.5. The van der Waals surface area contributed by atoms with E-state index >= 15 is 0 Å². The molecule has 0 aliphatic heterocycles. The van der Waals surface area contributed by atoms with Gasteiger partial charge < -0.3 is 4.74 Å². The highest BCUT2D eigenvalue weighted by molar-refractivity contribution is 7.91. The lowest BCUT2D eigenvalue weighted by molar-refractivity contribution is 0.284. The molecular weight excluding hydrogens is 568 g/mol. The predicted molar refractivity (Wildman–Crippen MR) is 132 cm³/mol. The Morgan fingerprint density at radius 3 is 2.16 bits per heavy atom. The van der Waals surface area contributed by atoms with Crippen LogP contribution in [-0.2, 0) is 34.5 Å². The zero-order valence-electron chi connectivity index (χ0n) is 20.0. The van der Waals surface area contributed by atoms with Crippen LogP contribution in [-0.4, -0.2) is 63.6 Å². The standard InChI is InChI=1S/C20H22N4O11S3/c1-12-10-16(17(34-3)11-18(12)36(26,27)9-8-35-38(31,32)33)21-22-19-13(2)23-24(20(19)25)14-4-6-15(7-5-14)37(28,29)30/h4-7,10-11,23H,8-9H2,1-3H3,(H,28,29,30)(H,31,32,33). The van der Waals surface area contributed by atoms with Crippen LogP contribution in [0.3, 0.4) is 0 Å². The fraction of sp³-hybridized carbons (Fsp3) is 0.250. The number of ether oxygens (including phenoxy) is 1.